The summed E-state index contributed by atoms with van der Waals surface area (Å²) in [6.07, 6.45) is 1.34. The molecule has 0 aliphatic heterocycles. The van der Waals surface area contributed by atoms with Crippen LogP contribution in [-0.4, -0.2) is 5.92 Å². The highest BCUT2D eigenvalue weighted by Gasteiger charge is 2.35. The van der Waals surface area contributed by atoms with Crippen LogP contribution in [0.4, 0.5) is 8.78 Å². The summed E-state index contributed by atoms with van der Waals surface area (Å²) < 4.78 is 26.0. The lowest BCUT2D eigenvalue weighted by Gasteiger charge is -2.29. The SMILES string of the molecule is Cc1ccccc1C1CCC(F)(F)CC1. The van der Waals surface area contributed by atoms with E-state index in [1.54, 1.807) is 0 Å². The Kier molecular flexibility index (Phi) is 2.76. The van der Waals surface area contributed by atoms with E-state index in [0.717, 1.165) is 0 Å². The molecule has 1 aromatic carbocycles. The summed E-state index contributed by atoms with van der Waals surface area (Å²) in [6, 6.07) is 8.12. The number of alkyl halides is 2. The minimum Gasteiger partial charge on any atom is -0.207 e. The zero-order chi connectivity index (χ0) is 10.9. The van der Waals surface area contributed by atoms with Crippen molar-refractivity contribution >= 4 is 0 Å². The van der Waals surface area contributed by atoms with Crippen molar-refractivity contribution in [2.45, 2.75) is 44.4 Å². The van der Waals surface area contributed by atoms with Crippen molar-refractivity contribution in [3.63, 3.8) is 0 Å². The quantitative estimate of drug-likeness (QED) is 0.648. The van der Waals surface area contributed by atoms with Crippen LogP contribution in [0.25, 0.3) is 0 Å². The van der Waals surface area contributed by atoms with Gasteiger partial charge in [0.1, 0.15) is 0 Å². The first-order valence-corrected chi connectivity index (χ1v) is 5.52. The fourth-order valence-electron chi connectivity index (χ4n) is 2.40. The monoisotopic (exact) mass is 210 g/mol. The summed E-state index contributed by atoms with van der Waals surface area (Å²) in [5, 5.41) is 0. The van der Waals surface area contributed by atoms with Crippen LogP contribution in [0.1, 0.15) is 42.7 Å². The second-order valence-corrected chi connectivity index (χ2v) is 4.49. The maximum Gasteiger partial charge on any atom is 0.248 e. The third-order valence-corrected chi connectivity index (χ3v) is 3.35. The average molecular weight is 210 g/mol. The second-order valence-electron chi connectivity index (χ2n) is 4.49. The Balaban J connectivity index is 2.11. The number of benzene rings is 1. The highest BCUT2D eigenvalue weighted by atomic mass is 19.3. The van der Waals surface area contributed by atoms with Crippen LogP contribution in [0.5, 0.6) is 0 Å². The summed E-state index contributed by atoms with van der Waals surface area (Å²) in [7, 11) is 0. The van der Waals surface area contributed by atoms with Gasteiger partial charge in [-0.15, -0.1) is 0 Å². The van der Waals surface area contributed by atoms with Gasteiger partial charge in [0.25, 0.3) is 0 Å². The number of hydrogen-bond acceptors (Lipinski definition) is 0. The molecule has 2 heteroatoms. The molecule has 0 nitrogen and oxygen atoms in total. The first-order chi connectivity index (χ1) is 7.08. The van der Waals surface area contributed by atoms with Gasteiger partial charge in [0.2, 0.25) is 5.92 Å². The molecule has 82 valence electrons. The van der Waals surface area contributed by atoms with E-state index in [-0.39, 0.29) is 12.8 Å². The molecule has 1 aliphatic carbocycles. The minimum atomic E-state index is -2.42. The van der Waals surface area contributed by atoms with Crippen molar-refractivity contribution in [2.24, 2.45) is 0 Å². The molecule has 0 spiro atoms. The molecule has 15 heavy (non-hydrogen) atoms. The Hall–Kier alpha value is -0.920. The molecule has 1 aliphatic rings. The Morgan fingerprint density at radius 1 is 1.13 bits per heavy atom. The van der Waals surface area contributed by atoms with E-state index in [0.29, 0.717) is 18.8 Å². The van der Waals surface area contributed by atoms with Crippen molar-refractivity contribution in [3.05, 3.63) is 35.4 Å². The fourth-order valence-corrected chi connectivity index (χ4v) is 2.40. The lowest BCUT2D eigenvalue weighted by Crippen LogP contribution is -2.23. The van der Waals surface area contributed by atoms with Gasteiger partial charge in [-0.05, 0) is 36.8 Å². The summed E-state index contributed by atoms with van der Waals surface area (Å²) in [5.41, 5.74) is 2.49. The average Bonchev–Trinajstić information content (AvgIpc) is 2.19. The maximum atomic E-state index is 13.0. The zero-order valence-corrected chi connectivity index (χ0v) is 8.97. The fraction of sp³-hybridized carbons (Fsp3) is 0.538. The van der Waals surface area contributed by atoms with E-state index in [4.69, 9.17) is 0 Å². The normalized spacial score (nSPS) is 21.5. The Bertz CT molecular complexity index is 334. The van der Waals surface area contributed by atoms with Gasteiger partial charge in [-0.25, -0.2) is 8.78 Å². The summed E-state index contributed by atoms with van der Waals surface area (Å²) >= 11 is 0. The summed E-state index contributed by atoms with van der Waals surface area (Å²) in [5.74, 6) is -2.08. The predicted molar refractivity (Wildman–Crippen MR) is 57.3 cm³/mol. The van der Waals surface area contributed by atoms with E-state index in [9.17, 15) is 8.78 Å². The molecule has 1 fully saturated rings. The molecule has 0 amide bonds. The number of aryl methyl sites for hydroxylation is 1. The topological polar surface area (TPSA) is 0 Å². The van der Waals surface area contributed by atoms with Crippen LogP contribution < -0.4 is 0 Å². The molecule has 0 atom stereocenters. The first kappa shape index (κ1) is 10.6. The Morgan fingerprint density at radius 2 is 1.73 bits per heavy atom. The molecule has 1 saturated carbocycles. The summed E-state index contributed by atoms with van der Waals surface area (Å²) in [6.45, 7) is 2.06. The standard InChI is InChI=1S/C13H16F2/c1-10-4-2-3-5-12(10)11-6-8-13(14,15)9-7-11/h2-5,11H,6-9H2,1H3. The van der Waals surface area contributed by atoms with Crippen LogP contribution in [0.15, 0.2) is 24.3 Å². The summed E-state index contributed by atoms with van der Waals surface area (Å²) in [4.78, 5) is 0. The van der Waals surface area contributed by atoms with E-state index in [1.807, 2.05) is 12.1 Å². The number of hydrogen-bond donors (Lipinski definition) is 0. The molecular weight excluding hydrogens is 194 g/mol. The lowest BCUT2D eigenvalue weighted by molar-refractivity contribution is -0.0382. The van der Waals surface area contributed by atoms with Gasteiger partial charge in [-0.1, -0.05) is 24.3 Å². The molecule has 0 bridgehead atoms. The molecule has 0 radical (unpaired) electrons. The van der Waals surface area contributed by atoms with Gasteiger partial charge >= 0.3 is 0 Å². The molecule has 0 N–H and O–H groups in total. The van der Waals surface area contributed by atoms with Gasteiger partial charge in [0.15, 0.2) is 0 Å². The van der Waals surface area contributed by atoms with Crippen molar-refractivity contribution in [1.82, 2.24) is 0 Å². The van der Waals surface area contributed by atoms with E-state index < -0.39 is 5.92 Å². The van der Waals surface area contributed by atoms with Gasteiger partial charge < -0.3 is 0 Å². The molecule has 0 unspecified atom stereocenters. The Labute approximate surface area is 89.3 Å². The maximum absolute atomic E-state index is 13.0. The first-order valence-electron chi connectivity index (χ1n) is 5.52. The molecular formula is C13H16F2. The van der Waals surface area contributed by atoms with Crippen molar-refractivity contribution in [3.8, 4) is 0 Å². The number of rotatable bonds is 1. The minimum absolute atomic E-state index is 0.0476. The highest BCUT2D eigenvalue weighted by Crippen LogP contribution is 2.41. The van der Waals surface area contributed by atoms with Crippen molar-refractivity contribution in [1.29, 1.82) is 0 Å². The zero-order valence-electron chi connectivity index (χ0n) is 8.97. The van der Waals surface area contributed by atoms with Gasteiger partial charge in [-0.2, -0.15) is 0 Å². The molecule has 1 aromatic rings. The largest absolute Gasteiger partial charge is 0.248 e. The van der Waals surface area contributed by atoms with Crippen LogP contribution in [-0.2, 0) is 0 Å². The Morgan fingerprint density at radius 3 is 2.33 bits per heavy atom. The van der Waals surface area contributed by atoms with Crippen LogP contribution in [0.2, 0.25) is 0 Å². The van der Waals surface area contributed by atoms with Crippen molar-refractivity contribution < 1.29 is 8.78 Å². The van der Waals surface area contributed by atoms with Crippen LogP contribution in [0, 0.1) is 6.92 Å². The van der Waals surface area contributed by atoms with Gasteiger partial charge in [0, 0.05) is 12.8 Å². The third kappa shape index (κ3) is 2.36. The lowest BCUT2D eigenvalue weighted by atomic mass is 9.81. The molecule has 0 saturated heterocycles. The van der Waals surface area contributed by atoms with Gasteiger partial charge in [0.05, 0.1) is 0 Å². The van der Waals surface area contributed by atoms with E-state index in [1.165, 1.54) is 11.1 Å². The van der Waals surface area contributed by atoms with E-state index >= 15 is 0 Å². The third-order valence-electron chi connectivity index (χ3n) is 3.35. The van der Waals surface area contributed by atoms with Gasteiger partial charge in [-0.3, -0.25) is 0 Å². The molecule has 0 aromatic heterocycles. The highest BCUT2D eigenvalue weighted by molar-refractivity contribution is 5.29. The predicted octanol–water partition coefficient (Wildman–Crippen LogP) is 4.29. The number of halogens is 2. The smallest absolute Gasteiger partial charge is 0.207 e. The molecule has 0 heterocycles. The molecule has 2 rings (SSSR count). The van der Waals surface area contributed by atoms with E-state index in [2.05, 4.69) is 19.1 Å². The van der Waals surface area contributed by atoms with Crippen molar-refractivity contribution in [2.75, 3.05) is 0 Å². The van der Waals surface area contributed by atoms with Crippen LogP contribution in [0.3, 0.4) is 0 Å². The van der Waals surface area contributed by atoms with Crippen LogP contribution >= 0.6 is 0 Å². The second kappa shape index (κ2) is 3.92.